The number of carbonyl (C=O) groups excluding carboxylic acids is 1. The Morgan fingerprint density at radius 3 is 2.57 bits per heavy atom. The highest BCUT2D eigenvalue weighted by molar-refractivity contribution is 5.92. The van der Waals surface area contributed by atoms with E-state index in [-0.39, 0.29) is 12.0 Å². The number of aryl methyl sites for hydroxylation is 2. The van der Waals surface area contributed by atoms with Gasteiger partial charge >= 0.3 is 5.97 Å². The van der Waals surface area contributed by atoms with Crippen LogP contribution in [0.25, 0.3) is 0 Å². The first-order valence-electron chi connectivity index (χ1n) is 4.10. The van der Waals surface area contributed by atoms with Crippen molar-refractivity contribution in [3.8, 4) is 0 Å². The average molecular weight is 196 g/mol. The van der Waals surface area contributed by atoms with Gasteiger partial charge in [-0.1, -0.05) is 0 Å². The van der Waals surface area contributed by atoms with Gasteiger partial charge < -0.3 is 15.4 Å². The minimum Gasteiger partial charge on any atom is -0.478 e. The lowest BCUT2D eigenvalue weighted by Crippen LogP contribution is -2.17. The summed E-state index contributed by atoms with van der Waals surface area (Å²) in [7, 11) is 1.69. The molecule has 0 aliphatic carbocycles. The Labute approximate surface area is 81.1 Å². The molecule has 5 nitrogen and oxygen atoms in total. The van der Waals surface area contributed by atoms with Gasteiger partial charge in [0.05, 0.1) is 12.0 Å². The number of carboxylic acids is 1. The number of amides is 1. The van der Waals surface area contributed by atoms with Crippen LogP contribution in [0.2, 0.25) is 0 Å². The largest absolute Gasteiger partial charge is 0.478 e. The van der Waals surface area contributed by atoms with Crippen molar-refractivity contribution in [1.82, 2.24) is 4.57 Å². The van der Waals surface area contributed by atoms with Crippen molar-refractivity contribution in [2.75, 3.05) is 0 Å². The molecule has 0 fully saturated rings. The zero-order valence-electron chi connectivity index (χ0n) is 8.07. The van der Waals surface area contributed by atoms with Crippen LogP contribution in [0.1, 0.15) is 21.6 Å². The van der Waals surface area contributed by atoms with Crippen LogP contribution in [0.5, 0.6) is 0 Å². The summed E-state index contributed by atoms with van der Waals surface area (Å²) in [6, 6.07) is 0. The van der Waals surface area contributed by atoms with Crippen molar-refractivity contribution in [3.63, 3.8) is 0 Å². The van der Waals surface area contributed by atoms with E-state index in [2.05, 4.69) is 0 Å². The number of rotatable bonds is 3. The molecule has 0 aromatic carbocycles. The number of nitrogens with zero attached hydrogens (tertiary/aromatic N) is 1. The molecular weight excluding hydrogens is 184 g/mol. The van der Waals surface area contributed by atoms with Gasteiger partial charge in [0.2, 0.25) is 5.91 Å². The minimum absolute atomic E-state index is 0.0496. The highest BCUT2D eigenvalue weighted by Gasteiger charge is 2.18. The van der Waals surface area contributed by atoms with Gasteiger partial charge in [-0.3, -0.25) is 4.79 Å². The second kappa shape index (κ2) is 3.53. The summed E-state index contributed by atoms with van der Waals surface area (Å²) in [5.41, 5.74) is 6.28. The van der Waals surface area contributed by atoms with Gasteiger partial charge in [0.25, 0.3) is 0 Å². The fraction of sp³-hybridized carbons (Fsp3) is 0.333. The van der Waals surface area contributed by atoms with Crippen molar-refractivity contribution in [2.45, 2.75) is 13.3 Å². The molecule has 1 amide bonds. The quantitative estimate of drug-likeness (QED) is 0.716. The molecule has 0 spiro atoms. The number of hydrogen-bond acceptors (Lipinski definition) is 2. The molecular formula is C9H12N2O3. The lowest BCUT2D eigenvalue weighted by Gasteiger charge is -2.02. The van der Waals surface area contributed by atoms with Crippen LogP contribution in [0.4, 0.5) is 0 Å². The molecule has 0 bridgehead atoms. The van der Waals surface area contributed by atoms with Gasteiger partial charge in [0, 0.05) is 18.9 Å². The second-order valence-corrected chi connectivity index (χ2v) is 3.19. The van der Waals surface area contributed by atoms with E-state index >= 15 is 0 Å². The SMILES string of the molecule is Cc1cn(C)c(CC(N)=O)c1C(=O)O. The van der Waals surface area contributed by atoms with Crippen LogP contribution in [-0.4, -0.2) is 21.6 Å². The monoisotopic (exact) mass is 196 g/mol. The minimum atomic E-state index is -1.03. The average Bonchev–Trinajstić information content (AvgIpc) is 2.25. The molecule has 0 aliphatic heterocycles. The zero-order valence-corrected chi connectivity index (χ0v) is 8.07. The predicted molar refractivity (Wildman–Crippen MR) is 50.0 cm³/mol. The smallest absolute Gasteiger partial charge is 0.337 e. The summed E-state index contributed by atoms with van der Waals surface area (Å²) in [5, 5.41) is 8.91. The van der Waals surface area contributed by atoms with Crippen LogP contribution in [-0.2, 0) is 18.3 Å². The van der Waals surface area contributed by atoms with Crippen LogP contribution in [0.15, 0.2) is 6.20 Å². The summed E-state index contributed by atoms with van der Waals surface area (Å²) in [5.74, 6) is -1.56. The molecule has 0 unspecified atom stereocenters. The van der Waals surface area contributed by atoms with Crippen LogP contribution < -0.4 is 5.73 Å². The van der Waals surface area contributed by atoms with Crippen LogP contribution >= 0.6 is 0 Å². The van der Waals surface area contributed by atoms with Crippen LogP contribution in [0.3, 0.4) is 0 Å². The van der Waals surface area contributed by atoms with Crippen molar-refractivity contribution >= 4 is 11.9 Å². The fourth-order valence-corrected chi connectivity index (χ4v) is 1.51. The maximum Gasteiger partial charge on any atom is 0.337 e. The Hall–Kier alpha value is -1.78. The van der Waals surface area contributed by atoms with Gasteiger partial charge in [-0.2, -0.15) is 0 Å². The summed E-state index contributed by atoms with van der Waals surface area (Å²) in [6.45, 7) is 1.69. The predicted octanol–water partition coefficient (Wildman–Crippen LogP) is 0.0595. The van der Waals surface area contributed by atoms with Gasteiger partial charge in [-0.25, -0.2) is 4.79 Å². The molecule has 0 saturated heterocycles. The molecule has 5 heteroatoms. The number of aromatic carboxylic acids is 1. The van der Waals surface area contributed by atoms with Crippen molar-refractivity contribution in [3.05, 3.63) is 23.0 Å². The van der Waals surface area contributed by atoms with E-state index in [9.17, 15) is 9.59 Å². The molecule has 0 radical (unpaired) electrons. The molecule has 14 heavy (non-hydrogen) atoms. The van der Waals surface area contributed by atoms with E-state index in [1.165, 1.54) is 0 Å². The normalized spacial score (nSPS) is 10.1. The summed E-state index contributed by atoms with van der Waals surface area (Å²) in [4.78, 5) is 21.6. The standard InChI is InChI=1S/C9H12N2O3/c1-5-4-11(2)6(3-7(10)12)8(5)9(13)14/h4H,3H2,1-2H3,(H2,10,12)(H,13,14). The van der Waals surface area contributed by atoms with Crippen molar-refractivity contribution < 1.29 is 14.7 Å². The number of primary amides is 1. The summed E-state index contributed by atoms with van der Waals surface area (Å²) >= 11 is 0. The molecule has 1 rings (SSSR count). The lowest BCUT2D eigenvalue weighted by atomic mass is 10.1. The van der Waals surface area contributed by atoms with E-state index in [0.717, 1.165) is 0 Å². The molecule has 1 aromatic rings. The Kier molecular flexibility index (Phi) is 2.60. The summed E-state index contributed by atoms with van der Waals surface area (Å²) in [6.07, 6.45) is 1.62. The van der Waals surface area contributed by atoms with E-state index in [0.29, 0.717) is 11.3 Å². The highest BCUT2D eigenvalue weighted by Crippen LogP contribution is 2.16. The second-order valence-electron chi connectivity index (χ2n) is 3.19. The molecule has 76 valence electrons. The Balaban J connectivity index is 3.24. The zero-order chi connectivity index (χ0) is 10.9. The van der Waals surface area contributed by atoms with E-state index in [4.69, 9.17) is 10.8 Å². The molecule has 1 aromatic heterocycles. The third-order valence-corrected chi connectivity index (χ3v) is 2.05. The summed E-state index contributed by atoms with van der Waals surface area (Å²) < 4.78 is 1.61. The van der Waals surface area contributed by atoms with Crippen molar-refractivity contribution in [1.29, 1.82) is 0 Å². The molecule has 0 aliphatic rings. The van der Waals surface area contributed by atoms with E-state index < -0.39 is 11.9 Å². The number of carbonyl (C=O) groups is 2. The fourth-order valence-electron chi connectivity index (χ4n) is 1.51. The lowest BCUT2D eigenvalue weighted by molar-refractivity contribution is -0.117. The van der Waals surface area contributed by atoms with Crippen molar-refractivity contribution in [2.24, 2.45) is 12.8 Å². The number of aromatic nitrogens is 1. The van der Waals surface area contributed by atoms with E-state index in [1.807, 2.05) is 0 Å². The number of carboxylic acid groups (broad SMARTS) is 1. The third-order valence-electron chi connectivity index (χ3n) is 2.05. The Morgan fingerprint density at radius 1 is 1.57 bits per heavy atom. The van der Waals surface area contributed by atoms with Gasteiger partial charge in [-0.15, -0.1) is 0 Å². The molecule has 3 N–H and O–H groups in total. The first kappa shape index (κ1) is 10.3. The van der Waals surface area contributed by atoms with Crippen LogP contribution in [0, 0.1) is 6.92 Å². The Bertz CT molecular complexity index is 393. The Morgan fingerprint density at radius 2 is 2.14 bits per heavy atom. The molecule has 1 heterocycles. The topological polar surface area (TPSA) is 85.3 Å². The first-order chi connectivity index (χ1) is 6.43. The van der Waals surface area contributed by atoms with Gasteiger partial charge in [0.1, 0.15) is 0 Å². The third kappa shape index (κ3) is 1.76. The number of nitrogens with two attached hydrogens (primary N) is 1. The highest BCUT2D eigenvalue weighted by atomic mass is 16.4. The maximum absolute atomic E-state index is 10.9. The first-order valence-corrected chi connectivity index (χ1v) is 4.10. The number of hydrogen-bond donors (Lipinski definition) is 2. The molecule has 0 atom stereocenters. The van der Waals surface area contributed by atoms with E-state index in [1.54, 1.807) is 24.7 Å². The maximum atomic E-state index is 10.9. The molecule has 0 saturated carbocycles. The van der Waals surface area contributed by atoms with Gasteiger partial charge in [0.15, 0.2) is 0 Å². The van der Waals surface area contributed by atoms with Gasteiger partial charge in [-0.05, 0) is 12.5 Å².